The molecule has 0 aliphatic rings. The molecule has 0 amide bonds. The van der Waals surface area contributed by atoms with Gasteiger partial charge < -0.3 is 5.32 Å². The minimum absolute atomic E-state index is 0.0221. The van der Waals surface area contributed by atoms with Crippen molar-refractivity contribution in [1.82, 2.24) is 5.32 Å². The van der Waals surface area contributed by atoms with Gasteiger partial charge in [0.2, 0.25) is 0 Å². The molecule has 0 spiro atoms. The molecule has 0 aliphatic heterocycles. The lowest BCUT2D eigenvalue weighted by molar-refractivity contribution is 0.624. The van der Waals surface area contributed by atoms with E-state index in [4.69, 9.17) is 11.6 Å². The molecular weight excluding hydrogens is 373 g/mol. The number of hydrogen-bond donors (Lipinski definition) is 1. The summed E-state index contributed by atoms with van der Waals surface area (Å²) in [5.41, 5.74) is 2.12. The molecule has 0 radical (unpaired) electrons. The quantitative estimate of drug-likeness (QED) is 0.605. The van der Waals surface area contributed by atoms with Crippen molar-refractivity contribution < 1.29 is 4.39 Å². The maximum absolute atomic E-state index is 13.4. The predicted octanol–water partition coefficient (Wildman–Crippen LogP) is 5.77. The highest BCUT2D eigenvalue weighted by molar-refractivity contribution is 9.10. The molecule has 0 saturated heterocycles. The Bertz CT molecular complexity index is 802. The van der Waals surface area contributed by atoms with Crippen molar-refractivity contribution in [3.8, 4) is 0 Å². The first-order valence-electron chi connectivity index (χ1n) is 6.39. The summed E-state index contributed by atoms with van der Waals surface area (Å²) in [6.07, 6.45) is 0. The van der Waals surface area contributed by atoms with Crippen molar-refractivity contribution in [2.75, 3.05) is 7.05 Å². The lowest BCUT2D eigenvalue weighted by Gasteiger charge is -2.17. The maximum atomic E-state index is 13.4. The average Bonchev–Trinajstić information content (AvgIpc) is 2.89. The van der Waals surface area contributed by atoms with Crippen LogP contribution < -0.4 is 5.32 Å². The second-order valence-corrected chi connectivity index (χ2v) is 6.84. The third-order valence-electron chi connectivity index (χ3n) is 3.46. The van der Waals surface area contributed by atoms with Gasteiger partial charge in [-0.1, -0.05) is 29.8 Å². The highest BCUT2D eigenvalue weighted by atomic mass is 79.9. The van der Waals surface area contributed by atoms with Crippen LogP contribution in [-0.4, -0.2) is 7.05 Å². The van der Waals surface area contributed by atoms with Crippen LogP contribution in [0.2, 0.25) is 5.02 Å². The Labute approximate surface area is 139 Å². The van der Waals surface area contributed by atoms with E-state index in [2.05, 4.69) is 32.7 Å². The number of hydrogen-bond acceptors (Lipinski definition) is 2. The maximum Gasteiger partial charge on any atom is 0.141 e. The standard InChI is InChI=1S/C16H12BrClFNS/c1-20-15(9-5-6-14(19)13(18)7-9)11-8-21-16-10(11)3-2-4-12(16)17/h2-8,15,20H,1H3. The van der Waals surface area contributed by atoms with Crippen LogP contribution in [0, 0.1) is 5.82 Å². The van der Waals surface area contributed by atoms with Gasteiger partial charge in [0, 0.05) is 9.17 Å². The number of halogens is 3. The normalized spacial score (nSPS) is 12.8. The molecule has 1 unspecified atom stereocenters. The van der Waals surface area contributed by atoms with Gasteiger partial charge in [0.05, 0.1) is 11.1 Å². The monoisotopic (exact) mass is 383 g/mol. The van der Waals surface area contributed by atoms with Crippen molar-refractivity contribution >= 4 is 49.0 Å². The third-order valence-corrected chi connectivity index (χ3v) is 5.72. The van der Waals surface area contributed by atoms with Crippen LogP contribution >= 0.6 is 38.9 Å². The molecule has 3 rings (SSSR count). The molecule has 1 atom stereocenters. The molecule has 1 aromatic heterocycles. The van der Waals surface area contributed by atoms with E-state index in [0.29, 0.717) is 0 Å². The summed E-state index contributed by atoms with van der Waals surface area (Å²) in [5.74, 6) is -0.395. The summed E-state index contributed by atoms with van der Waals surface area (Å²) in [4.78, 5) is 0. The van der Waals surface area contributed by atoms with E-state index in [1.807, 2.05) is 19.2 Å². The summed E-state index contributed by atoms with van der Waals surface area (Å²) >= 11 is 11.2. The minimum Gasteiger partial charge on any atom is -0.309 e. The van der Waals surface area contributed by atoms with Crippen molar-refractivity contribution in [2.24, 2.45) is 0 Å². The van der Waals surface area contributed by atoms with Gasteiger partial charge >= 0.3 is 0 Å². The summed E-state index contributed by atoms with van der Waals surface area (Å²) in [5, 5.41) is 6.76. The molecule has 1 heterocycles. The van der Waals surface area contributed by atoms with Crippen LogP contribution in [0.1, 0.15) is 17.2 Å². The van der Waals surface area contributed by atoms with Crippen molar-refractivity contribution in [3.63, 3.8) is 0 Å². The van der Waals surface area contributed by atoms with Crippen LogP contribution in [0.3, 0.4) is 0 Å². The lowest BCUT2D eigenvalue weighted by atomic mass is 9.98. The topological polar surface area (TPSA) is 12.0 Å². The number of nitrogens with one attached hydrogen (secondary N) is 1. The Kier molecular flexibility index (Phi) is 4.31. The zero-order valence-corrected chi connectivity index (χ0v) is 14.3. The van der Waals surface area contributed by atoms with Crippen LogP contribution in [0.15, 0.2) is 46.3 Å². The SMILES string of the molecule is CNC(c1ccc(F)c(Cl)c1)c1csc2c(Br)cccc12. The summed E-state index contributed by atoms with van der Waals surface area (Å²) < 4.78 is 15.7. The van der Waals surface area contributed by atoms with Gasteiger partial charge in [0.25, 0.3) is 0 Å². The van der Waals surface area contributed by atoms with Gasteiger partial charge in [0.1, 0.15) is 5.82 Å². The Morgan fingerprint density at radius 2 is 2.10 bits per heavy atom. The van der Waals surface area contributed by atoms with Gasteiger partial charge in [-0.05, 0) is 63.1 Å². The van der Waals surface area contributed by atoms with E-state index in [0.717, 1.165) is 10.0 Å². The highest BCUT2D eigenvalue weighted by Gasteiger charge is 2.18. The largest absolute Gasteiger partial charge is 0.309 e. The van der Waals surface area contributed by atoms with E-state index in [1.54, 1.807) is 23.5 Å². The van der Waals surface area contributed by atoms with E-state index >= 15 is 0 Å². The van der Waals surface area contributed by atoms with Crippen LogP contribution in [-0.2, 0) is 0 Å². The molecule has 0 saturated carbocycles. The van der Waals surface area contributed by atoms with Gasteiger partial charge in [-0.2, -0.15) is 0 Å². The van der Waals surface area contributed by atoms with Gasteiger partial charge in [-0.15, -0.1) is 11.3 Å². The Morgan fingerprint density at radius 3 is 2.81 bits per heavy atom. The Hall–Kier alpha value is -0.940. The molecular formula is C16H12BrClFNS. The zero-order valence-electron chi connectivity index (χ0n) is 11.2. The van der Waals surface area contributed by atoms with Crippen molar-refractivity contribution in [1.29, 1.82) is 0 Å². The van der Waals surface area contributed by atoms with E-state index < -0.39 is 5.82 Å². The summed E-state index contributed by atoms with van der Waals surface area (Å²) in [7, 11) is 1.89. The third kappa shape index (κ3) is 2.73. The Balaban J connectivity index is 2.14. The van der Waals surface area contributed by atoms with E-state index in [1.165, 1.54) is 21.7 Å². The minimum atomic E-state index is -0.395. The first-order valence-corrected chi connectivity index (χ1v) is 8.44. The van der Waals surface area contributed by atoms with Gasteiger partial charge in [-0.25, -0.2) is 4.39 Å². The molecule has 1 nitrogen and oxygen atoms in total. The van der Waals surface area contributed by atoms with Gasteiger partial charge in [0.15, 0.2) is 0 Å². The summed E-state index contributed by atoms with van der Waals surface area (Å²) in [6.45, 7) is 0. The number of thiophene rings is 1. The Morgan fingerprint density at radius 1 is 1.29 bits per heavy atom. The molecule has 108 valence electrons. The molecule has 2 aromatic carbocycles. The molecule has 0 aliphatic carbocycles. The zero-order chi connectivity index (χ0) is 15.0. The average molecular weight is 385 g/mol. The second-order valence-electron chi connectivity index (χ2n) is 4.70. The van der Waals surface area contributed by atoms with E-state index in [-0.39, 0.29) is 11.1 Å². The fraction of sp³-hybridized carbons (Fsp3) is 0.125. The molecule has 5 heteroatoms. The first kappa shape index (κ1) is 15.0. The van der Waals surface area contributed by atoms with Crippen LogP contribution in [0.5, 0.6) is 0 Å². The molecule has 0 bridgehead atoms. The molecule has 0 fully saturated rings. The number of fused-ring (bicyclic) bond motifs is 1. The molecule has 3 aromatic rings. The van der Waals surface area contributed by atoms with Gasteiger partial charge in [-0.3, -0.25) is 0 Å². The highest BCUT2D eigenvalue weighted by Crippen LogP contribution is 2.37. The molecule has 1 N–H and O–H groups in total. The fourth-order valence-corrected chi connectivity index (χ4v) is 4.30. The van der Waals surface area contributed by atoms with Crippen LogP contribution in [0.4, 0.5) is 4.39 Å². The first-order chi connectivity index (χ1) is 10.1. The lowest BCUT2D eigenvalue weighted by Crippen LogP contribution is -2.17. The van der Waals surface area contributed by atoms with Crippen molar-refractivity contribution in [3.05, 3.63) is 68.2 Å². The van der Waals surface area contributed by atoms with Crippen molar-refractivity contribution in [2.45, 2.75) is 6.04 Å². The fourth-order valence-electron chi connectivity index (χ4n) is 2.46. The number of benzene rings is 2. The smallest absolute Gasteiger partial charge is 0.141 e. The predicted molar refractivity (Wildman–Crippen MR) is 91.8 cm³/mol. The summed E-state index contributed by atoms with van der Waals surface area (Å²) in [6, 6.07) is 11.0. The van der Waals surface area contributed by atoms with E-state index in [9.17, 15) is 4.39 Å². The molecule has 21 heavy (non-hydrogen) atoms. The number of rotatable bonds is 3. The second kappa shape index (κ2) is 6.05. The van der Waals surface area contributed by atoms with Crippen LogP contribution in [0.25, 0.3) is 10.1 Å².